The lowest BCUT2D eigenvalue weighted by atomic mass is 10.2. The summed E-state index contributed by atoms with van der Waals surface area (Å²) in [6, 6.07) is 8.72. The van der Waals surface area contributed by atoms with Gasteiger partial charge in [0.15, 0.2) is 0 Å². The first-order valence-corrected chi connectivity index (χ1v) is 7.94. The van der Waals surface area contributed by atoms with Gasteiger partial charge in [0.05, 0.1) is 13.2 Å². The quantitative estimate of drug-likeness (QED) is 0.859. The van der Waals surface area contributed by atoms with E-state index in [9.17, 15) is 0 Å². The van der Waals surface area contributed by atoms with Gasteiger partial charge in [-0.3, -0.25) is 0 Å². The van der Waals surface area contributed by atoms with Crippen molar-refractivity contribution in [3.05, 3.63) is 35.3 Å². The van der Waals surface area contributed by atoms with E-state index in [4.69, 9.17) is 4.74 Å². The van der Waals surface area contributed by atoms with Gasteiger partial charge in [-0.15, -0.1) is 11.3 Å². The van der Waals surface area contributed by atoms with E-state index in [1.165, 1.54) is 15.3 Å². The zero-order valence-corrected chi connectivity index (χ0v) is 12.8. The van der Waals surface area contributed by atoms with Crippen LogP contribution in [0.5, 0.6) is 0 Å². The van der Waals surface area contributed by atoms with Crippen molar-refractivity contribution >= 4 is 17.2 Å². The van der Waals surface area contributed by atoms with E-state index in [2.05, 4.69) is 48.0 Å². The Labute approximate surface area is 124 Å². The average Bonchev–Trinajstić information content (AvgIpc) is 2.98. The Hall–Kier alpha value is -1.39. The van der Waals surface area contributed by atoms with Crippen LogP contribution in [0.1, 0.15) is 24.6 Å². The molecule has 2 aromatic rings. The third kappa shape index (κ3) is 2.86. The Balaban J connectivity index is 1.77. The van der Waals surface area contributed by atoms with Crippen molar-refractivity contribution in [2.75, 3.05) is 31.2 Å². The van der Waals surface area contributed by atoms with Gasteiger partial charge < -0.3 is 9.64 Å². The standard InChI is InChI=1S/C16H20N2OS/c1-12(2)14-4-5-15(20-14)13-3-6-16(17-11-13)18-7-9-19-10-8-18/h3-6,11-12H,7-10H2,1-2H3. The minimum atomic E-state index is 0.592. The lowest BCUT2D eigenvalue weighted by molar-refractivity contribution is 0.122. The highest BCUT2D eigenvalue weighted by Crippen LogP contribution is 2.32. The second-order valence-electron chi connectivity index (χ2n) is 5.36. The molecule has 0 bridgehead atoms. The zero-order chi connectivity index (χ0) is 13.9. The highest BCUT2D eigenvalue weighted by molar-refractivity contribution is 7.15. The van der Waals surface area contributed by atoms with E-state index >= 15 is 0 Å². The Bertz CT molecular complexity index is 556. The minimum absolute atomic E-state index is 0.592. The fraction of sp³-hybridized carbons (Fsp3) is 0.438. The number of pyridine rings is 1. The van der Waals surface area contributed by atoms with Gasteiger partial charge in [-0.25, -0.2) is 4.98 Å². The maximum absolute atomic E-state index is 5.37. The molecule has 1 fully saturated rings. The number of nitrogens with zero attached hydrogens (tertiary/aromatic N) is 2. The van der Waals surface area contributed by atoms with Crippen LogP contribution >= 0.6 is 11.3 Å². The first kappa shape index (κ1) is 13.6. The van der Waals surface area contributed by atoms with Crippen LogP contribution in [-0.2, 0) is 4.74 Å². The third-order valence-electron chi connectivity index (χ3n) is 3.56. The van der Waals surface area contributed by atoms with Crippen molar-refractivity contribution in [2.45, 2.75) is 19.8 Å². The van der Waals surface area contributed by atoms with Gasteiger partial charge in [0, 0.05) is 34.6 Å². The van der Waals surface area contributed by atoms with Gasteiger partial charge in [0.25, 0.3) is 0 Å². The molecule has 106 valence electrons. The van der Waals surface area contributed by atoms with Crippen LogP contribution in [0.2, 0.25) is 0 Å². The predicted molar refractivity (Wildman–Crippen MR) is 84.7 cm³/mol. The van der Waals surface area contributed by atoms with Crippen LogP contribution in [0.15, 0.2) is 30.5 Å². The van der Waals surface area contributed by atoms with Crippen LogP contribution in [0.4, 0.5) is 5.82 Å². The van der Waals surface area contributed by atoms with E-state index < -0.39 is 0 Å². The van der Waals surface area contributed by atoms with Gasteiger partial charge in [0.1, 0.15) is 5.82 Å². The second-order valence-corrected chi connectivity index (χ2v) is 6.48. The Morgan fingerprint density at radius 3 is 2.55 bits per heavy atom. The van der Waals surface area contributed by atoms with Crippen molar-refractivity contribution in [2.24, 2.45) is 0 Å². The van der Waals surface area contributed by atoms with Gasteiger partial charge in [0.2, 0.25) is 0 Å². The molecule has 4 heteroatoms. The molecule has 0 radical (unpaired) electrons. The monoisotopic (exact) mass is 288 g/mol. The van der Waals surface area contributed by atoms with Crippen LogP contribution < -0.4 is 4.90 Å². The van der Waals surface area contributed by atoms with Crippen LogP contribution in [0, 0.1) is 0 Å². The third-order valence-corrected chi connectivity index (χ3v) is 5.00. The lowest BCUT2D eigenvalue weighted by Crippen LogP contribution is -2.36. The van der Waals surface area contributed by atoms with Crippen molar-refractivity contribution in [3.63, 3.8) is 0 Å². The van der Waals surface area contributed by atoms with E-state index in [1.807, 2.05) is 17.5 Å². The molecule has 0 spiro atoms. The molecule has 3 heterocycles. The molecule has 3 nitrogen and oxygen atoms in total. The highest BCUT2D eigenvalue weighted by Gasteiger charge is 2.12. The van der Waals surface area contributed by atoms with E-state index in [0.717, 1.165) is 32.1 Å². The minimum Gasteiger partial charge on any atom is -0.378 e. The summed E-state index contributed by atoms with van der Waals surface area (Å²) in [5.74, 6) is 1.65. The molecule has 0 atom stereocenters. The number of ether oxygens (including phenoxy) is 1. The van der Waals surface area contributed by atoms with Crippen molar-refractivity contribution in [3.8, 4) is 10.4 Å². The first-order chi connectivity index (χ1) is 9.74. The summed E-state index contributed by atoms with van der Waals surface area (Å²) >= 11 is 1.86. The molecule has 1 aliphatic rings. The van der Waals surface area contributed by atoms with Crippen molar-refractivity contribution in [1.29, 1.82) is 0 Å². The number of hydrogen-bond donors (Lipinski definition) is 0. The Morgan fingerprint density at radius 2 is 1.95 bits per heavy atom. The molecule has 1 saturated heterocycles. The molecule has 0 saturated carbocycles. The van der Waals surface area contributed by atoms with Gasteiger partial charge >= 0.3 is 0 Å². The Kier molecular flexibility index (Phi) is 4.03. The molecule has 0 N–H and O–H groups in total. The maximum atomic E-state index is 5.37. The summed E-state index contributed by atoms with van der Waals surface area (Å²) in [5, 5.41) is 0. The van der Waals surface area contributed by atoms with Crippen LogP contribution in [0.3, 0.4) is 0 Å². The van der Waals surface area contributed by atoms with Gasteiger partial charge in [-0.2, -0.15) is 0 Å². The summed E-state index contributed by atoms with van der Waals surface area (Å²) in [6.45, 7) is 7.93. The van der Waals surface area contributed by atoms with E-state index in [1.54, 1.807) is 0 Å². The molecule has 1 aliphatic heterocycles. The highest BCUT2D eigenvalue weighted by atomic mass is 32.1. The number of aromatic nitrogens is 1. The number of thiophene rings is 1. The van der Waals surface area contributed by atoms with Crippen LogP contribution in [-0.4, -0.2) is 31.3 Å². The first-order valence-electron chi connectivity index (χ1n) is 7.13. The number of rotatable bonds is 3. The number of hydrogen-bond acceptors (Lipinski definition) is 4. The summed E-state index contributed by atoms with van der Waals surface area (Å²) in [4.78, 5) is 9.62. The molecular formula is C16H20N2OS. The summed E-state index contributed by atoms with van der Waals surface area (Å²) in [7, 11) is 0. The molecule has 20 heavy (non-hydrogen) atoms. The largest absolute Gasteiger partial charge is 0.378 e. The van der Waals surface area contributed by atoms with E-state index in [0.29, 0.717) is 5.92 Å². The summed E-state index contributed by atoms with van der Waals surface area (Å²) in [5.41, 5.74) is 1.21. The topological polar surface area (TPSA) is 25.4 Å². The van der Waals surface area contributed by atoms with E-state index in [-0.39, 0.29) is 0 Å². The van der Waals surface area contributed by atoms with Crippen molar-refractivity contribution in [1.82, 2.24) is 4.98 Å². The average molecular weight is 288 g/mol. The van der Waals surface area contributed by atoms with Crippen LogP contribution in [0.25, 0.3) is 10.4 Å². The number of anilines is 1. The van der Waals surface area contributed by atoms with Gasteiger partial charge in [-0.05, 0) is 30.2 Å². The smallest absolute Gasteiger partial charge is 0.128 e. The molecule has 2 aromatic heterocycles. The molecule has 0 amide bonds. The molecular weight excluding hydrogens is 268 g/mol. The zero-order valence-electron chi connectivity index (χ0n) is 12.0. The lowest BCUT2D eigenvalue weighted by Gasteiger charge is -2.27. The van der Waals surface area contributed by atoms with Crippen molar-refractivity contribution < 1.29 is 4.74 Å². The fourth-order valence-corrected chi connectivity index (χ4v) is 3.33. The molecule has 0 unspecified atom stereocenters. The molecule has 3 rings (SSSR count). The fourth-order valence-electron chi connectivity index (χ4n) is 2.33. The Morgan fingerprint density at radius 1 is 1.15 bits per heavy atom. The summed E-state index contributed by atoms with van der Waals surface area (Å²) < 4.78 is 5.37. The summed E-state index contributed by atoms with van der Waals surface area (Å²) in [6.07, 6.45) is 1.99. The number of morpholine rings is 1. The SMILES string of the molecule is CC(C)c1ccc(-c2ccc(N3CCOCC3)nc2)s1. The molecule has 0 aromatic carbocycles. The molecule has 0 aliphatic carbocycles. The van der Waals surface area contributed by atoms with Gasteiger partial charge in [-0.1, -0.05) is 13.8 Å². The predicted octanol–water partition coefficient (Wildman–Crippen LogP) is 3.77. The normalized spacial score (nSPS) is 15.8. The maximum Gasteiger partial charge on any atom is 0.128 e. The second kappa shape index (κ2) is 5.94.